The van der Waals surface area contributed by atoms with Crippen LogP contribution in [0.5, 0.6) is 17.2 Å². The molecule has 0 amide bonds. The number of carbonyl (C=O) groups excluding carboxylic acids is 1. The molecule has 104 valence electrons. The lowest BCUT2D eigenvalue weighted by Gasteiger charge is -2.09. The number of methoxy groups -OCH3 is 1. The smallest absolute Gasteiger partial charge is 0.150 e. The summed E-state index contributed by atoms with van der Waals surface area (Å²) in [7, 11) is 1.62. The van der Waals surface area contributed by atoms with Gasteiger partial charge in [-0.15, -0.1) is 0 Å². The van der Waals surface area contributed by atoms with Gasteiger partial charge in [0.15, 0.2) is 0 Å². The number of ether oxygens (including phenoxy) is 3. The van der Waals surface area contributed by atoms with Crippen LogP contribution in [0.25, 0.3) is 0 Å². The van der Waals surface area contributed by atoms with E-state index in [9.17, 15) is 4.79 Å². The van der Waals surface area contributed by atoms with E-state index in [1.807, 2.05) is 24.3 Å². The van der Waals surface area contributed by atoms with E-state index in [1.54, 1.807) is 31.4 Å². The molecule has 4 heteroatoms. The molecule has 0 fully saturated rings. The van der Waals surface area contributed by atoms with Gasteiger partial charge in [0.1, 0.15) is 36.7 Å². The molecule has 0 saturated heterocycles. The minimum Gasteiger partial charge on any atom is -0.497 e. The lowest BCUT2D eigenvalue weighted by molar-refractivity contribution is 0.112. The predicted octanol–water partition coefficient (Wildman–Crippen LogP) is 2.97. The highest BCUT2D eigenvalue weighted by atomic mass is 16.5. The van der Waals surface area contributed by atoms with E-state index >= 15 is 0 Å². The highest BCUT2D eigenvalue weighted by Gasteiger charge is 1.98. The van der Waals surface area contributed by atoms with Crippen molar-refractivity contribution in [3.05, 3.63) is 54.1 Å². The normalized spacial score (nSPS) is 9.85. The van der Waals surface area contributed by atoms with Gasteiger partial charge in [-0.1, -0.05) is 12.1 Å². The minimum absolute atomic E-state index is 0.411. The zero-order valence-electron chi connectivity index (χ0n) is 11.2. The highest BCUT2D eigenvalue weighted by Crippen LogP contribution is 2.17. The second kappa shape index (κ2) is 7.19. The van der Waals surface area contributed by atoms with Gasteiger partial charge in [-0.25, -0.2) is 0 Å². The van der Waals surface area contributed by atoms with E-state index in [4.69, 9.17) is 14.2 Å². The molecule has 20 heavy (non-hydrogen) atoms. The molecule has 0 saturated carbocycles. The van der Waals surface area contributed by atoms with Crippen LogP contribution >= 0.6 is 0 Å². The summed E-state index contributed by atoms with van der Waals surface area (Å²) in [5.74, 6) is 2.21. The van der Waals surface area contributed by atoms with Crippen molar-refractivity contribution in [3.63, 3.8) is 0 Å². The van der Waals surface area contributed by atoms with Gasteiger partial charge in [-0.05, 0) is 36.4 Å². The monoisotopic (exact) mass is 272 g/mol. The average Bonchev–Trinajstić information content (AvgIpc) is 2.52. The first-order valence-electron chi connectivity index (χ1n) is 6.27. The van der Waals surface area contributed by atoms with Gasteiger partial charge < -0.3 is 14.2 Å². The maximum absolute atomic E-state index is 10.6. The van der Waals surface area contributed by atoms with Crippen LogP contribution in [0.4, 0.5) is 0 Å². The maximum atomic E-state index is 10.6. The van der Waals surface area contributed by atoms with Crippen molar-refractivity contribution in [2.45, 2.75) is 0 Å². The Morgan fingerprint density at radius 3 is 2.20 bits per heavy atom. The van der Waals surface area contributed by atoms with Crippen molar-refractivity contribution in [1.82, 2.24) is 0 Å². The zero-order chi connectivity index (χ0) is 14.2. The van der Waals surface area contributed by atoms with Crippen LogP contribution in [0.2, 0.25) is 0 Å². The Morgan fingerprint density at radius 1 is 0.900 bits per heavy atom. The molecule has 0 aliphatic carbocycles. The molecule has 4 nitrogen and oxygen atoms in total. The van der Waals surface area contributed by atoms with Gasteiger partial charge in [0, 0.05) is 5.56 Å². The molecule has 2 aromatic carbocycles. The number of carbonyl (C=O) groups is 1. The number of hydrogen-bond acceptors (Lipinski definition) is 4. The number of benzene rings is 2. The molecule has 2 rings (SSSR count). The van der Waals surface area contributed by atoms with Crippen LogP contribution in [-0.4, -0.2) is 26.6 Å². The molecular weight excluding hydrogens is 256 g/mol. The Kier molecular flexibility index (Phi) is 5.00. The molecule has 0 aromatic heterocycles. The average molecular weight is 272 g/mol. The van der Waals surface area contributed by atoms with Crippen LogP contribution < -0.4 is 14.2 Å². The summed E-state index contributed by atoms with van der Waals surface area (Å²) in [6.45, 7) is 0.839. The topological polar surface area (TPSA) is 44.8 Å². The van der Waals surface area contributed by atoms with Crippen LogP contribution in [0, 0.1) is 0 Å². The van der Waals surface area contributed by atoms with E-state index in [2.05, 4.69) is 0 Å². The van der Waals surface area contributed by atoms with Crippen LogP contribution in [0.1, 0.15) is 10.4 Å². The minimum atomic E-state index is 0.411. The van der Waals surface area contributed by atoms with Gasteiger partial charge in [0.2, 0.25) is 0 Å². The van der Waals surface area contributed by atoms with E-state index < -0.39 is 0 Å². The van der Waals surface area contributed by atoms with Crippen molar-refractivity contribution >= 4 is 6.29 Å². The second-order valence-corrected chi connectivity index (χ2v) is 4.06. The van der Waals surface area contributed by atoms with Crippen LogP contribution in [0.3, 0.4) is 0 Å². The van der Waals surface area contributed by atoms with Crippen molar-refractivity contribution < 1.29 is 19.0 Å². The second-order valence-electron chi connectivity index (χ2n) is 4.06. The van der Waals surface area contributed by atoms with Crippen molar-refractivity contribution in [3.8, 4) is 17.2 Å². The Balaban J connectivity index is 1.76. The molecule has 2 aromatic rings. The van der Waals surface area contributed by atoms with E-state index in [0.29, 0.717) is 24.5 Å². The quantitative estimate of drug-likeness (QED) is 0.574. The maximum Gasteiger partial charge on any atom is 0.150 e. The highest BCUT2D eigenvalue weighted by molar-refractivity contribution is 5.75. The summed E-state index contributed by atoms with van der Waals surface area (Å²) < 4.78 is 16.1. The molecule has 0 aliphatic heterocycles. The first kappa shape index (κ1) is 13.9. The largest absolute Gasteiger partial charge is 0.497 e. The third-order valence-corrected chi connectivity index (χ3v) is 2.67. The third kappa shape index (κ3) is 4.02. The summed E-state index contributed by atoms with van der Waals surface area (Å²) in [6.07, 6.45) is 0.792. The Labute approximate surface area is 117 Å². The fraction of sp³-hybridized carbons (Fsp3) is 0.188. The van der Waals surface area contributed by atoms with Crippen molar-refractivity contribution in [2.24, 2.45) is 0 Å². The van der Waals surface area contributed by atoms with Crippen molar-refractivity contribution in [2.75, 3.05) is 20.3 Å². The first-order valence-corrected chi connectivity index (χ1v) is 6.27. The Bertz CT molecular complexity index is 549. The van der Waals surface area contributed by atoms with E-state index in [-0.39, 0.29) is 0 Å². The SMILES string of the molecule is COc1ccc(OCCOc2cccc(C=O)c2)cc1. The molecule has 0 radical (unpaired) electrons. The third-order valence-electron chi connectivity index (χ3n) is 2.67. The molecule has 0 unspecified atom stereocenters. The van der Waals surface area contributed by atoms with Crippen LogP contribution in [0.15, 0.2) is 48.5 Å². The van der Waals surface area contributed by atoms with Gasteiger partial charge in [0.05, 0.1) is 7.11 Å². The first-order chi connectivity index (χ1) is 9.81. The molecule has 0 atom stereocenters. The summed E-state index contributed by atoms with van der Waals surface area (Å²) in [4.78, 5) is 10.6. The lowest BCUT2D eigenvalue weighted by atomic mass is 10.2. The number of hydrogen-bond donors (Lipinski definition) is 0. The Morgan fingerprint density at radius 2 is 1.55 bits per heavy atom. The van der Waals surface area contributed by atoms with E-state index in [1.165, 1.54) is 0 Å². The lowest BCUT2D eigenvalue weighted by Crippen LogP contribution is -2.09. The zero-order valence-corrected chi connectivity index (χ0v) is 11.2. The summed E-state index contributed by atoms with van der Waals surface area (Å²) >= 11 is 0. The number of rotatable bonds is 7. The number of aldehydes is 1. The molecule has 0 bridgehead atoms. The van der Waals surface area contributed by atoms with Gasteiger partial charge in [0.25, 0.3) is 0 Å². The summed E-state index contributed by atoms with van der Waals surface area (Å²) in [5.41, 5.74) is 0.596. The molecule has 0 N–H and O–H groups in total. The van der Waals surface area contributed by atoms with Gasteiger partial charge in [-0.3, -0.25) is 4.79 Å². The van der Waals surface area contributed by atoms with Gasteiger partial charge >= 0.3 is 0 Å². The molecule has 0 aliphatic rings. The summed E-state index contributed by atoms with van der Waals surface area (Å²) in [5, 5.41) is 0. The predicted molar refractivity (Wildman–Crippen MR) is 75.8 cm³/mol. The van der Waals surface area contributed by atoms with Gasteiger partial charge in [-0.2, -0.15) is 0 Å². The standard InChI is InChI=1S/C16H16O4/c1-18-14-5-7-15(8-6-14)19-9-10-20-16-4-2-3-13(11-16)12-17/h2-8,11-12H,9-10H2,1H3. The Hall–Kier alpha value is -2.49. The van der Waals surface area contributed by atoms with E-state index in [0.717, 1.165) is 17.8 Å². The molecular formula is C16H16O4. The van der Waals surface area contributed by atoms with Crippen molar-refractivity contribution in [1.29, 1.82) is 0 Å². The summed E-state index contributed by atoms with van der Waals surface area (Å²) in [6, 6.07) is 14.4. The molecule has 0 spiro atoms. The molecule has 0 heterocycles. The fourth-order valence-corrected chi connectivity index (χ4v) is 1.67. The fourth-order valence-electron chi connectivity index (χ4n) is 1.67. The van der Waals surface area contributed by atoms with Crippen LogP contribution in [-0.2, 0) is 0 Å².